The molecule has 2 aromatic carbocycles. The number of piperidine rings is 1. The van der Waals surface area contributed by atoms with E-state index in [9.17, 15) is 9.59 Å². The number of rotatable bonds is 6. The molecule has 28 heavy (non-hydrogen) atoms. The van der Waals surface area contributed by atoms with Crippen molar-refractivity contribution in [1.82, 2.24) is 10.2 Å². The number of carbonyl (C=O) groups is 2. The molecule has 0 aromatic heterocycles. The first kappa shape index (κ1) is 19.7. The molecule has 0 radical (unpaired) electrons. The maximum absolute atomic E-state index is 12.8. The van der Waals surface area contributed by atoms with Crippen molar-refractivity contribution >= 4 is 11.8 Å². The molecule has 2 aromatic rings. The maximum Gasteiger partial charge on any atom is 0.253 e. The second kappa shape index (κ2) is 9.26. The highest BCUT2D eigenvalue weighted by Crippen LogP contribution is 2.28. The van der Waals surface area contributed by atoms with Crippen LogP contribution in [0.5, 0.6) is 11.5 Å². The van der Waals surface area contributed by atoms with Crippen molar-refractivity contribution in [3.63, 3.8) is 0 Å². The summed E-state index contributed by atoms with van der Waals surface area (Å²) in [5.74, 6) is 1.13. The van der Waals surface area contributed by atoms with Crippen LogP contribution in [-0.4, -0.2) is 50.1 Å². The van der Waals surface area contributed by atoms with E-state index in [1.54, 1.807) is 32.4 Å². The van der Waals surface area contributed by atoms with Crippen LogP contribution >= 0.6 is 0 Å². The second-order valence-corrected chi connectivity index (χ2v) is 6.87. The summed E-state index contributed by atoms with van der Waals surface area (Å²) in [7, 11) is 3.12. The van der Waals surface area contributed by atoms with E-state index >= 15 is 0 Å². The molecule has 0 aliphatic carbocycles. The summed E-state index contributed by atoms with van der Waals surface area (Å²) < 4.78 is 10.5. The van der Waals surface area contributed by atoms with Gasteiger partial charge in [-0.25, -0.2) is 0 Å². The van der Waals surface area contributed by atoms with Crippen LogP contribution in [0.2, 0.25) is 0 Å². The highest BCUT2D eigenvalue weighted by atomic mass is 16.5. The van der Waals surface area contributed by atoms with E-state index in [4.69, 9.17) is 9.47 Å². The number of nitrogens with zero attached hydrogens (tertiary/aromatic N) is 1. The fourth-order valence-corrected chi connectivity index (χ4v) is 3.44. The zero-order chi connectivity index (χ0) is 19.9. The predicted octanol–water partition coefficient (Wildman–Crippen LogP) is 2.67. The van der Waals surface area contributed by atoms with Crippen molar-refractivity contribution in [2.75, 3.05) is 27.3 Å². The van der Waals surface area contributed by atoms with E-state index in [0.29, 0.717) is 36.6 Å². The molecule has 0 saturated carbocycles. The lowest BCUT2D eigenvalue weighted by Gasteiger charge is -2.32. The Morgan fingerprint density at radius 3 is 2.32 bits per heavy atom. The van der Waals surface area contributed by atoms with E-state index in [1.165, 1.54) is 0 Å². The molecule has 1 fully saturated rings. The lowest BCUT2D eigenvalue weighted by atomic mass is 10.0. The molecule has 0 bridgehead atoms. The van der Waals surface area contributed by atoms with E-state index in [2.05, 4.69) is 5.32 Å². The first-order chi connectivity index (χ1) is 13.6. The van der Waals surface area contributed by atoms with Gasteiger partial charge in [0.15, 0.2) is 11.5 Å². The highest BCUT2D eigenvalue weighted by Gasteiger charge is 2.25. The Balaban J connectivity index is 1.52. The third-order valence-electron chi connectivity index (χ3n) is 4.99. The van der Waals surface area contributed by atoms with E-state index in [-0.39, 0.29) is 17.9 Å². The molecular weight excluding hydrogens is 356 g/mol. The molecule has 148 valence electrons. The summed E-state index contributed by atoms with van der Waals surface area (Å²) in [5, 5.41) is 3.09. The monoisotopic (exact) mass is 382 g/mol. The van der Waals surface area contributed by atoms with Crippen LogP contribution in [0.25, 0.3) is 0 Å². The van der Waals surface area contributed by atoms with Crippen molar-refractivity contribution in [1.29, 1.82) is 0 Å². The van der Waals surface area contributed by atoms with Crippen LogP contribution in [0, 0.1) is 0 Å². The summed E-state index contributed by atoms with van der Waals surface area (Å²) in [4.78, 5) is 26.8. The molecule has 1 aliphatic heterocycles. The molecule has 1 saturated heterocycles. The minimum absolute atomic E-state index is 0.0240. The van der Waals surface area contributed by atoms with Crippen LogP contribution in [0.15, 0.2) is 48.5 Å². The number of benzene rings is 2. The van der Waals surface area contributed by atoms with Crippen molar-refractivity contribution in [2.24, 2.45) is 0 Å². The number of likely N-dealkylation sites (tertiary alicyclic amines) is 1. The van der Waals surface area contributed by atoms with Gasteiger partial charge in [0.25, 0.3) is 5.91 Å². The van der Waals surface area contributed by atoms with Gasteiger partial charge in [-0.05, 0) is 36.6 Å². The van der Waals surface area contributed by atoms with Gasteiger partial charge in [-0.15, -0.1) is 0 Å². The smallest absolute Gasteiger partial charge is 0.253 e. The fourth-order valence-electron chi connectivity index (χ4n) is 3.44. The molecule has 6 nitrogen and oxygen atoms in total. The Kier molecular flexibility index (Phi) is 6.53. The van der Waals surface area contributed by atoms with E-state index in [0.717, 1.165) is 18.4 Å². The van der Waals surface area contributed by atoms with E-state index in [1.807, 2.05) is 35.2 Å². The summed E-state index contributed by atoms with van der Waals surface area (Å²) in [5.41, 5.74) is 1.57. The van der Waals surface area contributed by atoms with E-state index < -0.39 is 0 Å². The second-order valence-electron chi connectivity index (χ2n) is 6.87. The van der Waals surface area contributed by atoms with Crippen LogP contribution in [0.1, 0.15) is 28.8 Å². The van der Waals surface area contributed by atoms with Crippen molar-refractivity contribution in [3.05, 3.63) is 59.7 Å². The number of nitrogens with one attached hydrogen (secondary N) is 1. The Morgan fingerprint density at radius 1 is 1.00 bits per heavy atom. The number of methoxy groups -OCH3 is 2. The first-order valence-corrected chi connectivity index (χ1v) is 9.45. The zero-order valence-corrected chi connectivity index (χ0v) is 16.3. The maximum atomic E-state index is 12.8. The number of hydrogen-bond acceptors (Lipinski definition) is 4. The van der Waals surface area contributed by atoms with Crippen molar-refractivity contribution < 1.29 is 19.1 Å². The molecule has 0 unspecified atom stereocenters. The average molecular weight is 382 g/mol. The van der Waals surface area contributed by atoms with Gasteiger partial charge < -0.3 is 19.7 Å². The molecule has 3 rings (SSSR count). The molecule has 0 spiro atoms. The van der Waals surface area contributed by atoms with Crippen LogP contribution in [0.3, 0.4) is 0 Å². The summed E-state index contributed by atoms with van der Waals surface area (Å²) >= 11 is 0. The lowest BCUT2D eigenvalue weighted by molar-refractivity contribution is -0.121. The van der Waals surface area contributed by atoms with Crippen molar-refractivity contribution in [3.8, 4) is 11.5 Å². The predicted molar refractivity (Wildman–Crippen MR) is 107 cm³/mol. The SMILES string of the molecule is COc1ccc(C(=O)N2CCC(NC(=O)Cc3ccccc3)CC2)cc1OC. The highest BCUT2D eigenvalue weighted by molar-refractivity contribution is 5.95. The van der Waals surface area contributed by atoms with Gasteiger partial charge in [-0.2, -0.15) is 0 Å². The largest absolute Gasteiger partial charge is 0.493 e. The average Bonchev–Trinajstić information content (AvgIpc) is 2.74. The molecule has 2 amide bonds. The van der Waals surface area contributed by atoms with Gasteiger partial charge in [-0.1, -0.05) is 30.3 Å². The third-order valence-corrected chi connectivity index (χ3v) is 4.99. The lowest BCUT2D eigenvalue weighted by Crippen LogP contribution is -2.46. The Morgan fingerprint density at radius 2 is 1.68 bits per heavy atom. The standard InChI is InChI=1S/C22H26N2O4/c1-27-19-9-8-17(15-20(19)28-2)22(26)24-12-10-18(11-13-24)23-21(25)14-16-6-4-3-5-7-16/h3-9,15,18H,10-14H2,1-2H3,(H,23,25). The first-order valence-electron chi connectivity index (χ1n) is 9.45. The number of hydrogen-bond donors (Lipinski definition) is 1. The van der Waals surface area contributed by atoms with Crippen LogP contribution < -0.4 is 14.8 Å². The quantitative estimate of drug-likeness (QED) is 0.834. The molecule has 1 aliphatic rings. The van der Waals surface area contributed by atoms with Crippen molar-refractivity contribution in [2.45, 2.75) is 25.3 Å². The van der Waals surface area contributed by atoms with Gasteiger partial charge in [0.2, 0.25) is 5.91 Å². The Bertz CT molecular complexity index is 815. The Hall–Kier alpha value is -3.02. The van der Waals surface area contributed by atoms with Crippen LogP contribution in [-0.2, 0) is 11.2 Å². The van der Waals surface area contributed by atoms with Gasteiger partial charge in [-0.3, -0.25) is 9.59 Å². The summed E-state index contributed by atoms with van der Waals surface area (Å²) in [6.07, 6.45) is 1.88. The zero-order valence-electron chi connectivity index (χ0n) is 16.3. The number of ether oxygens (including phenoxy) is 2. The topological polar surface area (TPSA) is 67.9 Å². The number of carbonyl (C=O) groups excluding carboxylic acids is 2. The van der Waals surface area contributed by atoms with Gasteiger partial charge in [0.05, 0.1) is 20.6 Å². The van der Waals surface area contributed by atoms with Gasteiger partial charge in [0.1, 0.15) is 0 Å². The number of amides is 2. The third kappa shape index (κ3) is 4.82. The molecular formula is C22H26N2O4. The van der Waals surface area contributed by atoms with Gasteiger partial charge in [0, 0.05) is 24.7 Å². The summed E-state index contributed by atoms with van der Waals surface area (Å²) in [6.45, 7) is 1.23. The Labute approximate surface area is 165 Å². The molecule has 0 atom stereocenters. The van der Waals surface area contributed by atoms with Gasteiger partial charge >= 0.3 is 0 Å². The summed E-state index contributed by atoms with van der Waals surface area (Å²) in [6, 6.07) is 15.0. The molecule has 1 N–H and O–H groups in total. The molecule has 6 heteroatoms. The molecule has 1 heterocycles. The van der Waals surface area contributed by atoms with Crippen LogP contribution in [0.4, 0.5) is 0 Å². The minimum Gasteiger partial charge on any atom is -0.493 e. The fraction of sp³-hybridized carbons (Fsp3) is 0.364. The normalized spacial score (nSPS) is 14.4. The minimum atomic E-state index is -0.0324.